The molecule has 15 heavy (non-hydrogen) atoms. The van der Waals surface area contributed by atoms with Gasteiger partial charge in [-0.2, -0.15) is 0 Å². The molecule has 0 aromatic heterocycles. The first-order valence-corrected chi connectivity index (χ1v) is 5.11. The van der Waals surface area contributed by atoms with Crippen LogP contribution in [0.1, 0.15) is 12.5 Å². The van der Waals surface area contributed by atoms with E-state index < -0.39 is 6.10 Å². The standard InChI is InChI=1S/C14H14O/c1-11(15)9-10-13-7-4-6-12-5-2-3-8-14(12)13/h2-11,15H,1H3. The molecule has 2 rings (SSSR count). The van der Waals surface area contributed by atoms with Crippen molar-refractivity contribution >= 4 is 16.8 Å². The lowest BCUT2D eigenvalue weighted by Gasteiger charge is -2.02. The van der Waals surface area contributed by atoms with Gasteiger partial charge in [-0.05, 0) is 23.3 Å². The molecule has 0 spiro atoms. The van der Waals surface area contributed by atoms with Crippen molar-refractivity contribution in [2.24, 2.45) is 0 Å². The quantitative estimate of drug-likeness (QED) is 0.785. The fraction of sp³-hybridized carbons (Fsp3) is 0.143. The molecule has 0 aliphatic heterocycles. The highest BCUT2D eigenvalue weighted by molar-refractivity contribution is 5.90. The van der Waals surface area contributed by atoms with Gasteiger partial charge in [-0.15, -0.1) is 0 Å². The molecule has 0 amide bonds. The molecule has 2 aromatic carbocycles. The third-order valence-corrected chi connectivity index (χ3v) is 2.38. The van der Waals surface area contributed by atoms with Crippen molar-refractivity contribution in [1.82, 2.24) is 0 Å². The van der Waals surface area contributed by atoms with Gasteiger partial charge >= 0.3 is 0 Å². The van der Waals surface area contributed by atoms with Crippen LogP contribution in [0.2, 0.25) is 0 Å². The maximum Gasteiger partial charge on any atom is 0.0696 e. The Morgan fingerprint density at radius 2 is 1.80 bits per heavy atom. The molecular weight excluding hydrogens is 184 g/mol. The third-order valence-electron chi connectivity index (χ3n) is 2.38. The van der Waals surface area contributed by atoms with Crippen molar-refractivity contribution in [3.63, 3.8) is 0 Å². The summed E-state index contributed by atoms with van der Waals surface area (Å²) < 4.78 is 0. The van der Waals surface area contributed by atoms with E-state index in [9.17, 15) is 5.11 Å². The Balaban J connectivity index is 2.51. The van der Waals surface area contributed by atoms with Gasteiger partial charge in [-0.1, -0.05) is 54.6 Å². The second kappa shape index (κ2) is 4.28. The van der Waals surface area contributed by atoms with Crippen LogP contribution in [0, 0.1) is 0 Å². The van der Waals surface area contributed by atoms with Crippen LogP contribution in [0.4, 0.5) is 0 Å². The smallest absolute Gasteiger partial charge is 0.0696 e. The van der Waals surface area contributed by atoms with Crippen LogP contribution < -0.4 is 0 Å². The van der Waals surface area contributed by atoms with Gasteiger partial charge in [0, 0.05) is 0 Å². The molecule has 1 unspecified atom stereocenters. The zero-order valence-electron chi connectivity index (χ0n) is 8.72. The van der Waals surface area contributed by atoms with E-state index in [2.05, 4.69) is 24.3 Å². The highest BCUT2D eigenvalue weighted by Gasteiger charge is 1.96. The van der Waals surface area contributed by atoms with Gasteiger partial charge in [0.2, 0.25) is 0 Å². The Kier molecular flexibility index (Phi) is 2.84. The second-order valence-electron chi connectivity index (χ2n) is 3.67. The predicted octanol–water partition coefficient (Wildman–Crippen LogP) is 3.23. The Hall–Kier alpha value is -1.60. The van der Waals surface area contributed by atoms with Crippen molar-refractivity contribution in [3.05, 3.63) is 54.1 Å². The molecule has 0 bridgehead atoms. The lowest BCUT2D eigenvalue weighted by molar-refractivity contribution is 0.245. The molecule has 0 radical (unpaired) electrons. The summed E-state index contributed by atoms with van der Waals surface area (Å²) in [5.74, 6) is 0. The zero-order valence-corrected chi connectivity index (χ0v) is 8.72. The van der Waals surface area contributed by atoms with Crippen LogP contribution in [0.15, 0.2) is 48.5 Å². The van der Waals surface area contributed by atoms with Crippen molar-refractivity contribution in [2.75, 3.05) is 0 Å². The second-order valence-corrected chi connectivity index (χ2v) is 3.67. The summed E-state index contributed by atoms with van der Waals surface area (Å²) in [6.07, 6.45) is 3.36. The van der Waals surface area contributed by atoms with Gasteiger partial charge in [-0.3, -0.25) is 0 Å². The fourth-order valence-electron chi connectivity index (χ4n) is 1.64. The molecule has 2 aromatic rings. The van der Waals surface area contributed by atoms with Crippen molar-refractivity contribution < 1.29 is 5.11 Å². The van der Waals surface area contributed by atoms with E-state index in [-0.39, 0.29) is 0 Å². The Bertz CT molecular complexity index is 478. The van der Waals surface area contributed by atoms with Gasteiger partial charge in [0.05, 0.1) is 6.10 Å². The molecule has 0 saturated carbocycles. The summed E-state index contributed by atoms with van der Waals surface area (Å²) in [4.78, 5) is 0. The summed E-state index contributed by atoms with van der Waals surface area (Å²) in [6, 6.07) is 14.4. The van der Waals surface area contributed by atoms with Gasteiger partial charge in [0.1, 0.15) is 0 Å². The van der Waals surface area contributed by atoms with E-state index >= 15 is 0 Å². The molecule has 0 saturated heterocycles. The maximum atomic E-state index is 9.20. The SMILES string of the molecule is CC(O)C=Cc1cccc2ccccc12. The van der Waals surface area contributed by atoms with Crippen molar-refractivity contribution in [2.45, 2.75) is 13.0 Å². The van der Waals surface area contributed by atoms with Gasteiger partial charge in [0.25, 0.3) is 0 Å². The average Bonchev–Trinajstić information content (AvgIpc) is 2.26. The number of rotatable bonds is 2. The van der Waals surface area contributed by atoms with Crippen LogP contribution in [-0.4, -0.2) is 11.2 Å². The summed E-state index contributed by atoms with van der Waals surface area (Å²) in [7, 11) is 0. The zero-order chi connectivity index (χ0) is 10.7. The van der Waals surface area contributed by atoms with E-state index in [0.29, 0.717) is 0 Å². The topological polar surface area (TPSA) is 20.2 Å². The summed E-state index contributed by atoms with van der Waals surface area (Å²) in [5, 5.41) is 11.6. The minimum Gasteiger partial charge on any atom is -0.389 e. The van der Waals surface area contributed by atoms with Crippen LogP contribution in [0.5, 0.6) is 0 Å². The lowest BCUT2D eigenvalue weighted by atomic mass is 10.0. The Morgan fingerprint density at radius 1 is 1.07 bits per heavy atom. The van der Waals surface area contributed by atoms with Gasteiger partial charge in [-0.25, -0.2) is 0 Å². The van der Waals surface area contributed by atoms with E-state index in [4.69, 9.17) is 0 Å². The number of benzene rings is 2. The first kappa shape index (κ1) is 9.94. The molecule has 1 heteroatoms. The normalized spacial score (nSPS) is 13.5. The molecule has 0 aliphatic carbocycles. The van der Waals surface area contributed by atoms with E-state index in [1.54, 1.807) is 13.0 Å². The largest absolute Gasteiger partial charge is 0.389 e. The first-order chi connectivity index (χ1) is 7.27. The summed E-state index contributed by atoms with van der Waals surface area (Å²) in [5.41, 5.74) is 1.15. The predicted molar refractivity (Wildman–Crippen MR) is 64.7 cm³/mol. The highest BCUT2D eigenvalue weighted by atomic mass is 16.3. The molecule has 0 aliphatic rings. The highest BCUT2D eigenvalue weighted by Crippen LogP contribution is 2.19. The number of fused-ring (bicyclic) bond motifs is 1. The Labute approximate surface area is 89.7 Å². The van der Waals surface area contributed by atoms with E-state index in [0.717, 1.165) is 5.56 Å². The average molecular weight is 198 g/mol. The van der Waals surface area contributed by atoms with Crippen LogP contribution >= 0.6 is 0 Å². The van der Waals surface area contributed by atoms with Crippen LogP contribution in [0.25, 0.3) is 16.8 Å². The molecule has 0 fully saturated rings. The van der Waals surface area contributed by atoms with E-state index in [1.165, 1.54) is 10.8 Å². The van der Waals surface area contributed by atoms with Crippen molar-refractivity contribution in [1.29, 1.82) is 0 Å². The molecule has 1 nitrogen and oxygen atoms in total. The lowest BCUT2D eigenvalue weighted by Crippen LogP contribution is -1.91. The fourth-order valence-corrected chi connectivity index (χ4v) is 1.64. The number of hydrogen-bond acceptors (Lipinski definition) is 1. The van der Waals surface area contributed by atoms with Gasteiger partial charge in [0.15, 0.2) is 0 Å². The number of hydrogen-bond donors (Lipinski definition) is 1. The first-order valence-electron chi connectivity index (χ1n) is 5.11. The van der Waals surface area contributed by atoms with Gasteiger partial charge < -0.3 is 5.11 Å². The molecule has 1 N–H and O–H groups in total. The number of aliphatic hydroxyl groups is 1. The third kappa shape index (κ3) is 2.25. The van der Waals surface area contributed by atoms with Crippen LogP contribution in [0.3, 0.4) is 0 Å². The minimum absolute atomic E-state index is 0.399. The van der Waals surface area contributed by atoms with E-state index in [1.807, 2.05) is 24.3 Å². The molecule has 1 atom stereocenters. The summed E-state index contributed by atoms with van der Waals surface area (Å²) in [6.45, 7) is 1.75. The molecule has 76 valence electrons. The van der Waals surface area contributed by atoms with Crippen LogP contribution in [-0.2, 0) is 0 Å². The molecular formula is C14H14O. The summed E-state index contributed by atoms with van der Waals surface area (Å²) >= 11 is 0. The monoisotopic (exact) mass is 198 g/mol. The maximum absolute atomic E-state index is 9.20. The minimum atomic E-state index is -0.399. The Morgan fingerprint density at radius 3 is 2.60 bits per heavy atom. The number of aliphatic hydroxyl groups excluding tert-OH is 1. The molecule has 0 heterocycles. The van der Waals surface area contributed by atoms with Crippen molar-refractivity contribution in [3.8, 4) is 0 Å².